The zero-order chi connectivity index (χ0) is 20.0. The Kier molecular flexibility index (Phi) is 7.38. The summed E-state index contributed by atoms with van der Waals surface area (Å²) >= 11 is 0. The standard InChI is InChI=1S/C19H28N2O5S/c1-14-8-7-9-15(2)21(14)19(23)16(3)26-18(22)12-13-20-27(24,25)17-10-5-4-6-11-17/h4-6,10-11,14-16,20H,7-9,12-13H2,1-3H3/t14-,15-,16-/m1/s1. The maximum absolute atomic E-state index is 12.6. The number of sulfonamides is 1. The fourth-order valence-electron chi connectivity index (χ4n) is 3.34. The fourth-order valence-corrected chi connectivity index (χ4v) is 4.40. The molecule has 3 atom stereocenters. The highest BCUT2D eigenvalue weighted by atomic mass is 32.2. The number of carbonyl (C=O) groups excluding carboxylic acids is 2. The van der Waals surface area contributed by atoms with E-state index in [1.54, 1.807) is 30.0 Å². The van der Waals surface area contributed by atoms with Crippen molar-refractivity contribution in [3.05, 3.63) is 30.3 Å². The van der Waals surface area contributed by atoms with E-state index in [2.05, 4.69) is 4.72 Å². The van der Waals surface area contributed by atoms with Crippen molar-refractivity contribution in [1.29, 1.82) is 0 Å². The zero-order valence-electron chi connectivity index (χ0n) is 16.1. The smallest absolute Gasteiger partial charge is 0.307 e. The van der Waals surface area contributed by atoms with Gasteiger partial charge in [0.15, 0.2) is 6.10 Å². The van der Waals surface area contributed by atoms with Gasteiger partial charge in [0.25, 0.3) is 5.91 Å². The van der Waals surface area contributed by atoms with Gasteiger partial charge in [-0.05, 0) is 52.2 Å². The van der Waals surface area contributed by atoms with Crippen LogP contribution >= 0.6 is 0 Å². The highest BCUT2D eigenvalue weighted by Gasteiger charge is 2.33. The summed E-state index contributed by atoms with van der Waals surface area (Å²) in [5, 5.41) is 0. The van der Waals surface area contributed by atoms with Gasteiger partial charge in [0.2, 0.25) is 10.0 Å². The summed E-state index contributed by atoms with van der Waals surface area (Å²) in [6, 6.07) is 8.17. The first-order chi connectivity index (χ1) is 12.7. The van der Waals surface area contributed by atoms with Crippen molar-refractivity contribution >= 4 is 21.9 Å². The Morgan fingerprint density at radius 1 is 1.19 bits per heavy atom. The molecule has 7 nitrogen and oxygen atoms in total. The lowest BCUT2D eigenvalue weighted by atomic mass is 9.97. The van der Waals surface area contributed by atoms with Gasteiger partial charge >= 0.3 is 5.97 Å². The average molecular weight is 397 g/mol. The molecule has 1 aliphatic rings. The molecule has 150 valence electrons. The highest BCUT2D eigenvalue weighted by molar-refractivity contribution is 7.89. The van der Waals surface area contributed by atoms with Crippen molar-refractivity contribution < 1.29 is 22.7 Å². The van der Waals surface area contributed by atoms with Gasteiger partial charge in [0.05, 0.1) is 11.3 Å². The van der Waals surface area contributed by atoms with E-state index in [1.807, 2.05) is 13.8 Å². The number of nitrogens with zero attached hydrogens (tertiary/aromatic N) is 1. The summed E-state index contributed by atoms with van der Waals surface area (Å²) in [5.41, 5.74) is 0. The molecule has 0 aliphatic carbocycles. The van der Waals surface area contributed by atoms with Gasteiger partial charge in [-0.2, -0.15) is 0 Å². The number of ether oxygens (including phenoxy) is 1. The molecule has 27 heavy (non-hydrogen) atoms. The number of amides is 1. The molecule has 1 aromatic rings. The molecule has 1 aliphatic heterocycles. The summed E-state index contributed by atoms with van der Waals surface area (Å²) in [6.07, 6.45) is 1.94. The van der Waals surface area contributed by atoms with Crippen molar-refractivity contribution in [3.8, 4) is 0 Å². The Morgan fingerprint density at radius 3 is 2.37 bits per heavy atom. The normalized spacial score (nSPS) is 21.5. The first kappa shape index (κ1) is 21.4. The third-order valence-corrected chi connectivity index (χ3v) is 6.26. The van der Waals surface area contributed by atoms with Crippen molar-refractivity contribution in [2.75, 3.05) is 6.54 Å². The van der Waals surface area contributed by atoms with Crippen molar-refractivity contribution in [3.63, 3.8) is 0 Å². The summed E-state index contributed by atoms with van der Waals surface area (Å²) in [5.74, 6) is -0.808. The van der Waals surface area contributed by atoms with E-state index in [1.165, 1.54) is 12.1 Å². The second-order valence-corrected chi connectivity index (χ2v) is 8.73. The molecule has 0 bridgehead atoms. The van der Waals surface area contributed by atoms with E-state index < -0.39 is 22.1 Å². The third kappa shape index (κ3) is 5.77. The van der Waals surface area contributed by atoms with Gasteiger partial charge in [-0.1, -0.05) is 18.2 Å². The minimum Gasteiger partial charge on any atom is -0.452 e. The summed E-state index contributed by atoms with van der Waals surface area (Å²) in [7, 11) is -3.67. The first-order valence-electron chi connectivity index (χ1n) is 9.28. The molecule has 0 radical (unpaired) electrons. The van der Waals surface area contributed by atoms with E-state index in [4.69, 9.17) is 4.74 Å². The van der Waals surface area contributed by atoms with Crippen LogP contribution in [0.4, 0.5) is 0 Å². The van der Waals surface area contributed by atoms with Crippen molar-refractivity contribution in [1.82, 2.24) is 9.62 Å². The molecule has 1 aromatic carbocycles. The van der Waals surface area contributed by atoms with Crippen LogP contribution in [0.3, 0.4) is 0 Å². The van der Waals surface area contributed by atoms with E-state index in [9.17, 15) is 18.0 Å². The number of hydrogen-bond donors (Lipinski definition) is 1. The lowest BCUT2D eigenvalue weighted by Gasteiger charge is -2.40. The molecule has 0 aromatic heterocycles. The SMILES string of the molecule is C[C@@H]1CCC[C@@H](C)N1C(=O)[C@@H](C)OC(=O)CCNS(=O)(=O)c1ccccc1. The number of benzene rings is 1. The number of likely N-dealkylation sites (tertiary alicyclic amines) is 1. The van der Waals surface area contributed by atoms with E-state index >= 15 is 0 Å². The molecule has 0 spiro atoms. The van der Waals surface area contributed by atoms with Crippen LogP contribution in [0.25, 0.3) is 0 Å². The van der Waals surface area contributed by atoms with Gasteiger partial charge < -0.3 is 9.64 Å². The second-order valence-electron chi connectivity index (χ2n) is 6.97. The van der Waals surface area contributed by atoms with Crippen molar-refractivity contribution in [2.24, 2.45) is 0 Å². The van der Waals surface area contributed by atoms with E-state index in [0.717, 1.165) is 19.3 Å². The Labute approximate surface area is 161 Å². The molecule has 0 saturated carbocycles. The van der Waals surface area contributed by atoms with E-state index in [-0.39, 0.29) is 35.9 Å². The van der Waals surface area contributed by atoms with Crippen LogP contribution in [-0.4, -0.2) is 49.9 Å². The monoisotopic (exact) mass is 396 g/mol. The fraction of sp³-hybridized carbons (Fsp3) is 0.579. The molecule has 1 N–H and O–H groups in total. The zero-order valence-corrected chi connectivity index (χ0v) is 16.9. The molecule has 1 saturated heterocycles. The summed E-state index contributed by atoms with van der Waals surface area (Å²) in [4.78, 5) is 26.5. The Bertz CT molecular complexity index is 741. The van der Waals surface area contributed by atoms with Gasteiger partial charge in [-0.25, -0.2) is 13.1 Å². The van der Waals surface area contributed by atoms with Crippen LogP contribution in [0.2, 0.25) is 0 Å². The molecule has 2 rings (SSSR count). The maximum Gasteiger partial charge on any atom is 0.307 e. The Morgan fingerprint density at radius 2 is 1.78 bits per heavy atom. The average Bonchev–Trinajstić information content (AvgIpc) is 2.62. The van der Waals surface area contributed by atoms with Crippen molar-refractivity contribution in [2.45, 2.75) is 69.5 Å². The van der Waals surface area contributed by atoms with Crippen LogP contribution in [-0.2, 0) is 24.3 Å². The molecule has 1 amide bonds. The molecule has 1 heterocycles. The van der Waals surface area contributed by atoms with Gasteiger partial charge in [-0.3, -0.25) is 9.59 Å². The number of rotatable bonds is 7. The number of esters is 1. The van der Waals surface area contributed by atoms with Crippen LogP contribution in [0.1, 0.15) is 46.5 Å². The number of nitrogens with one attached hydrogen (secondary N) is 1. The minimum absolute atomic E-state index is 0.0898. The quantitative estimate of drug-likeness (QED) is 0.712. The minimum atomic E-state index is -3.67. The second kappa shape index (κ2) is 9.32. The molecular formula is C19H28N2O5S. The summed E-state index contributed by atoms with van der Waals surface area (Å²) in [6.45, 7) is 5.47. The van der Waals surface area contributed by atoms with Gasteiger partial charge in [0, 0.05) is 18.6 Å². The largest absolute Gasteiger partial charge is 0.452 e. The number of hydrogen-bond acceptors (Lipinski definition) is 5. The van der Waals surface area contributed by atoms with Crippen LogP contribution in [0.5, 0.6) is 0 Å². The van der Waals surface area contributed by atoms with Crippen LogP contribution in [0, 0.1) is 0 Å². The Hall–Kier alpha value is -1.93. The van der Waals surface area contributed by atoms with Crippen LogP contribution < -0.4 is 4.72 Å². The third-order valence-electron chi connectivity index (χ3n) is 4.78. The summed E-state index contributed by atoms with van der Waals surface area (Å²) < 4.78 is 31.8. The van der Waals surface area contributed by atoms with E-state index in [0.29, 0.717) is 0 Å². The predicted octanol–water partition coefficient (Wildman–Crippen LogP) is 2.08. The van der Waals surface area contributed by atoms with Gasteiger partial charge in [0.1, 0.15) is 0 Å². The van der Waals surface area contributed by atoms with Gasteiger partial charge in [-0.15, -0.1) is 0 Å². The van der Waals surface area contributed by atoms with Crippen LogP contribution in [0.15, 0.2) is 35.2 Å². The molecular weight excluding hydrogens is 368 g/mol. The number of carbonyl (C=O) groups is 2. The Balaban J connectivity index is 1.82. The molecule has 1 fully saturated rings. The number of piperidine rings is 1. The highest BCUT2D eigenvalue weighted by Crippen LogP contribution is 2.23. The maximum atomic E-state index is 12.6. The topological polar surface area (TPSA) is 92.8 Å². The first-order valence-corrected chi connectivity index (χ1v) is 10.8. The predicted molar refractivity (Wildman–Crippen MR) is 101 cm³/mol. The molecule has 0 unspecified atom stereocenters. The lowest BCUT2D eigenvalue weighted by molar-refractivity contribution is -0.162. The lowest BCUT2D eigenvalue weighted by Crippen LogP contribution is -2.51. The molecule has 8 heteroatoms.